The zero-order valence-electron chi connectivity index (χ0n) is 15.1. The Balaban J connectivity index is 1.52. The Morgan fingerprint density at radius 3 is 2.50 bits per heavy atom. The number of aryl methyl sites for hydroxylation is 3. The molecule has 1 saturated heterocycles. The first-order valence-electron chi connectivity index (χ1n) is 8.78. The Bertz CT molecular complexity index is 638. The van der Waals surface area contributed by atoms with Gasteiger partial charge in [0.25, 0.3) is 0 Å². The van der Waals surface area contributed by atoms with E-state index in [1.54, 1.807) is 0 Å². The van der Waals surface area contributed by atoms with E-state index in [1.165, 1.54) is 0 Å². The van der Waals surface area contributed by atoms with Crippen LogP contribution < -0.4 is 0 Å². The summed E-state index contributed by atoms with van der Waals surface area (Å²) in [6, 6.07) is 0.163. The molecule has 0 saturated carbocycles. The van der Waals surface area contributed by atoms with Gasteiger partial charge in [-0.25, -0.2) is 4.98 Å². The summed E-state index contributed by atoms with van der Waals surface area (Å²) in [5.74, 6) is 3.27. The van der Waals surface area contributed by atoms with Crippen molar-refractivity contribution in [2.75, 3.05) is 26.2 Å². The molecule has 0 N–H and O–H groups in total. The van der Waals surface area contributed by atoms with Crippen LogP contribution in [0.15, 0.2) is 8.94 Å². The van der Waals surface area contributed by atoms with E-state index in [9.17, 15) is 0 Å². The maximum Gasteiger partial charge on any atom is 0.243 e. The van der Waals surface area contributed by atoms with E-state index in [2.05, 4.69) is 38.8 Å². The van der Waals surface area contributed by atoms with Crippen molar-refractivity contribution in [1.82, 2.24) is 24.9 Å². The van der Waals surface area contributed by atoms with Crippen LogP contribution >= 0.6 is 0 Å². The minimum absolute atomic E-state index is 0.163. The fourth-order valence-electron chi connectivity index (χ4n) is 3.03. The monoisotopic (exact) mass is 333 g/mol. The second kappa shape index (κ2) is 7.44. The van der Waals surface area contributed by atoms with Crippen molar-refractivity contribution in [1.29, 1.82) is 0 Å². The van der Waals surface area contributed by atoms with E-state index in [-0.39, 0.29) is 6.04 Å². The lowest BCUT2D eigenvalue weighted by Gasteiger charge is -2.36. The predicted molar refractivity (Wildman–Crippen MR) is 89.5 cm³/mol. The third-order valence-electron chi connectivity index (χ3n) is 4.70. The molecule has 7 nitrogen and oxygen atoms in total. The van der Waals surface area contributed by atoms with Crippen molar-refractivity contribution in [3.63, 3.8) is 0 Å². The first-order valence-corrected chi connectivity index (χ1v) is 8.78. The molecule has 0 aromatic carbocycles. The summed E-state index contributed by atoms with van der Waals surface area (Å²) in [7, 11) is 0. The lowest BCUT2D eigenvalue weighted by atomic mass is 10.2. The van der Waals surface area contributed by atoms with Crippen LogP contribution in [0.5, 0.6) is 0 Å². The standard InChI is InChI=1S/C17H27N5O2/c1-5-6-15-19-17(24-20-15)13(3)22-9-7-21(8-10-22)11-16-18-12(2)14(4)23-16/h13H,5-11H2,1-4H3/t13-/m0/s1. The second-order valence-corrected chi connectivity index (χ2v) is 6.54. The molecule has 1 fully saturated rings. The fourth-order valence-corrected chi connectivity index (χ4v) is 3.03. The Hall–Kier alpha value is -1.73. The van der Waals surface area contributed by atoms with Gasteiger partial charge in [0.15, 0.2) is 5.82 Å². The highest BCUT2D eigenvalue weighted by atomic mass is 16.5. The van der Waals surface area contributed by atoms with Gasteiger partial charge in [-0.15, -0.1) is 0 Å². The fraction of sp³-hybridized carbons (Fsp3) is 0.706. The third kappa shape index (κ3) is 3.84. The largest absolute Gasteiger partial charge is 0.444 e. The van der Waals surface area contributed by atoms with Crippen LogP contribution in [0.4, 0.5) is 0 Å². The van der Waals surface area contributed by atoms with Gasteiger partial charge in [0.2, 0.25) is 11.8 Å². The normalized spacial score (nSPS) is 18.2. The molecule has 0 bridgehead atoms. The number of rotatable bonds is 6. The minimum atomic E-state index is 0.163. The summed E-state index contributed by atoms with van der Waals surface area (Å²) < 4.78 is 11.1. The number of nitrogens with zero attached hydrogens (tertiary/aromatic N) is 5. The van der Waals surface area contributed by atoms with E-state index in [1.807, 2.05) is 13.8 Å². The van der Waals surface area contributed by atoms with Crippen molar-refractivity contribution in [2.45, 2.75) is 53.1 Å². The topological polar surface area (TPSA) is 71.4 Å². The van der Waals surface area contributed by atoms with E-state index < -0.39 is 0 Å². The summed E-state index contributed by atoms with van der Waals surface area (Å²) >= 11 is 0. The molecular formula is C17H27N5O2. The summed E-state index contributed by atoms with van der Waals surface area (Å²) in [4.78, 5) is 13.8. The Kier molecular flexibility index (Phi) is 5.30. The van der Waals surface area contributed by atoms with Gasteiger partial charge in [-0.1, -0.05) is 12.1 Å². The van der Waals surface area contributed by atoms with Crippen LogP contribution in [-0.4, -0.2) is 51.1 Å². The average molecular weight is 333 g/mol. The second-order valence-electron chi connectivity index (χ2n) is 6.54. The first kappa shape index (κ1) is 17.1. The van der Waals surface area contributed by atoms with Crippen molar-refractivity contribution >= 4 is 0 Å². The lowest BCUT2D eigenvalue weighted by molar-refractivity contribution is 0.0796. The smallest absolute Gasteiger partial charge is 0.243 e. The molecule has 3 rings (SSSR count). The molecule has 1 atom stereocenters. The van der Waals surface area contributed by atoms with Crippen molar-refractivity contribution in [3.05, 3.63) is 29.1 Å². The molecule has 7 heteroatoms. The van der Waals surface area contributed by atoms with Crippen molar-refractivity contribution in [2.24, 2.45) is 0 Å². The Labute approximate surface area is 143 Å². The zero-order valence-corrected chi connectivity index (χ0v) is 15.1. The first-order chi connectivity index (χ1) is 11.6. The van der Waals surface area contributed by atoms with Gasteiger partial charge < -0.3 is 8.94 Å². The van der Waals surface area contributed by atoms with E-state index >= 15 is 0 Å². The Morgan fingerprint density at radius 2 is 1.88 bits per heavy atom. The number of piperazine rings is 1. The molecule has 3 heterocycles. The molecular weight excluding hydrogens is 306 g/mol. The molecule has 2 aromatic heterocycles. The molecule has 0 spiro atoms. The maximum absolute atomic E-state index is 5.69. The van der Waals surface area contributed by atoms with E-state index in [4.69, 9.17) is 8.94 Å². The van der Waals surface area contributed by atoms with Gasteiger partial charge in [0.1, 0.15) is 5.76 Å². The van der Waals surface area contributed by atoms with Crippen LogP contribution in [0, 0.1) is 13.8 Å². The molecule has 0 unspecified atom stereocenters. The van der Waals surface area contributed by atoms with Crippen LogP contribution in [0.1, 0.15) is 55.4 Å². The van der Waals surface area contributed by atoms with Crippen LogP contribution in [0.2, 0.25) is 0 Å². The van der Waals surface area contributed by atoms with Gasteiger partial charge in [0.05, 0.1) is 18.3 Å². The molecule has 1 aliphatic heterocycles. The molecule has 24 heavy (non-hydrogen) atoms. The SMILES string of the molecule is CCCc1noc([C@H](C)N2CCN(Cc3nc(C)c(C)o3)CC2)n1. The summed E-state index contributed by atoms with van der Waals surface area (Å²) in [5, 5.41) is 4.06. The van der Waals surface area contributed by atoms with Crippen molar-refractivity contribution < 1.29 is 8.94 Å². The van der Waals surface area contributed by atoms with E-state index in [0.717, 1.165) is 74.6 Å². The molecule has 2 aromatic rings. The highest BCUT2D eigenvalue weighted by molar-refractivity contribution is 5.05. The van der Waals surface area contributed by atoms with Crippen molar-refractivity contribution in [3.8, 4) is 0 Å². The molecule has 0 amide bonds. The van der Waals surface area contributed by atoms with Crippen LogP contribution in [0.3, 0.4) is 0 Å². The zero-order chi connectivity index (χ0) is 17.1. The lowest BCUT2D eigenvalue weighted by Crippen LogP contribution is -2.46. The maximum atomic E-state index is 5.69. The highest BCUT2D eigenvalue weighted by Gasteiger charge is 2.26. The number of aromatic nitrogens is 3. The van der Waals surface area contributed by atoms with E-state index in [0.29, 0.717) is 0 Å². The number of oxazole rings is 1. The van der Waals surface area contributed by atoms with Gasteiger partial charge in [-0.3, -0.25) is 9.80 Å². The van der Waals surface area contributed by atoms with Gasteiger partial charge in [-0.05, 0) is 27.2 Å². The summed E-state index contributed by atoms with van der Waals surface area (Å²) in [6.07, 6.45) is 1.91. The molecule has 0 radical (unpaired) electrons. The van der Waals surface area contributed by atoms with Crippen LogP contribution in [0.25, 0.3) is 0 Å². The van der Waals surface area contributed by atoms with Crippen LogP contribution in [-0.2, 0) is 13.0 Å². The number of hydrogen-bond donors (Lipinski definition) is 0. The molecule has 0 aliphatic carbocycles. The summed E-state index contributed by atoms with van der Waals surface area (Å²) in [5.41, 5.74) is 0.983. The number of hydrogen-bond acceptors (Lipinski definition) is 7. The third-order valence-corrected chi connectivity index (χ3v) is 4.70. The molecule has 132 valence electrons. The highest BCUT2D eigenvalue weighted by Crippen LogP contribution is 2.21. The van der Waals surface area contributed by atoms with Gasteiger partial charge >= 0.3 is 0 Å². The average Bonchev–Trinajstić information content (AvgIpc) is 3.15. The minimum Gasteiger partial charge on any atom is -0.444 e. The predicted octanol–water partition coefficient (Wildman–Crippen LogP) is 2.51. The van der Waals surface area contributed by atoms with Gasteiger partial charge in [0, 0.05) is 32.6 Å². The van der Waals surface area contributed by atoms with Gasteiger partial charge in [-0.2, -0.15) is 4.98 Å². The molecule has 1 aliphatic rings. The Morgan fingerprint density at radius 1 is 1.12 bits per heavy atom. The summed E-state index contributed by atoms with van der Waals surface area (Å²) in [6.45, 7) is 12.9. The quantitative estimate of drug-likeness (QED) is 0.804.